The monoisotopic (exact) mass is 338 g/mol. The van der Waals surface area contributed by atoms with Gasteiger partial charge in [-0.15, -0.1) is 0 Å². The summed E-state index contributed by atoms with van der Waals surface area (Å²) >= 11 is 0.998. The molecule has 1 aromatic rings. The van der Waals surface area contributed by atoms with E-state index in [-0.39, 0.29) is 48.4 Å². The van der Waals surface area contributed by atoms with Gasteiger partial charge in [0.05, 0.1) is 17.9 Å². The van der Waals surface area contributed by atoms with Crippen LogP contribution in [-0.4, -0.2) is 50.6 Å². The maximum absolute atomic E-state index is 12.1. The van der Waals surface area contributed by atoms with E-state index >= 15 is 0 Å². The van der Waals surface area contributed by atoms with Gasteiger partial charge < -0.3 is 5.32 Å². The summed E-state index contributed by atoms with van der Waals surface area (Å²) < 4.78 is 1.91. The fraction of sp³-hybridized carbons (Fsp3) is 0.600. The third-order valence-corrected chi connectivity index (χ3v) is 4.66. The Morgan fingerprint density at radius 1 is 1.35 bits per heavy atom. The SMILES string of the molecule is Cc1nn(C(C)C)c(C)c1CC(=O)NCCN1C(=O)CSC1=O. The average Bonchev–Trinajstić information content (AvgIpc) is 2.94. The van der Waals surface area contributed by atoms with Gasteiger partial charge in [-0.3, -0.25) is 24.0 Å². The van der Waals surface area contributed by atoms with Gasteiger partial charge in [-0.2, -0.15) is 5.10 Å². The average molecular weight is 338 g/mol. The van der Waals surface area contributed by atoms with Crippen LogP contribution >= 0.6 is 11.8 Å². The van der Waals surface area contributed by atoms with Gasteiger partial charge in [-0.25, -0.2) is 0 Å². The molecule has 1 saturated heterocycles. The van der Waals surface area contributed by atoms with E-state index in [4.69, 9.17) is 0 Å². The van der Waals surface area contributed by atoms with Gasteiger partial charge in [0, 0.05) is 30.4 Å². The van der Waals surface area contributed by atoms with Crippen LogP contribution < -0.4 is 5.32 Å². The third kappa shape index (κ3) is 3.93. The zero-order chi connectivity index (χ0) is 17.1. The first kappa shape index (κ1) is 17.5. The molecule has 0 atom stereocenters. The topological polar surface area (TPSA) is 84.3 Å². The highest BCUT2D eigenvalue weighted by molar-refractivity contribution is 8.14. The summed E-state index contributed by atoms with van der Waals surface area (Å²) in [7, 11) is 0. The van der Waals surface area contributed by atoms with Gasteiger partial charge in [-0.1, -0.05) is 11.8 Å². The zero-order valence-corrected chi connectivity index (χ0v) is 14.7. The van der Waals surface area contributed by atoms with Crippen LogP contribution in [0.2, 0.25) is 0 Å². The van der Waals surface area contributed by atoms with Gasteiger partial charge in [0.1, 0.15) is 0 Å². The second kappa shape index (κ2) is 7.16. The lowest BCUT2D eigenvalue weighted by molar-refractivity contribution is -0.125. The molecule has 0 bridgehead atoms. The smallest absolute Gasteiger partial charge is 0.288 e. The second-order valence-electron chi connectivity index (χ2n) is 5.81. The number of aromatic nitrogens is 2. The number of rotatable bonds is 6. The first-order valence-electron chi connectivity index (χ1n) is 7.59. The highest BCUT2D eigenvalue weighted by Crippen LogP contribution is 2.18. The van der Waals surface area contributed by atoms with Crippen molar-refractivity contribution in [1.82, 2.24) is 20.0 Å². The van der Waals surface area contributed by atoms with Crippen molar-refractivity contribution in [1.29, 1.82) is 0 Å². The predicted molar refractivity (Wildman–Crippen MR) is 88.4 cm³/mol. The summed E-state index contributed by atoms with van der Waals surface area (Å²) in [6.07, 6.45) is 0.251. The van der Waals surface area contributed by atoms with Crippen LogP contribution in [0.15, 0.2) is 0 Å². The highest BCUT2D eigenvalue weighted by Gasteiger charge is 2.29. The van der Waals surface area contributed by atoms with E-state index in [1.807, 2.05) is 32.4 Å². The number of carbonyl (C=O) groups is 3. The lowest BCUT2D eigenvalue weighted by Crippen LogP contribution is -2.38. The van der Waals surface area contributed by atoms with E-state index in [9.17, 15) is 14.4 Å². The van der Waals surface area contributed by atoms with Crippen molar-refractivity contribution in [3.8, 4) is 0 Å². The summed E-state index contributed by atoms with van der Waals surface area (Å²) in [5.41, 5.74) is 2.78. The minimum atomic E-state index is -0.242. The van der Waals surface area contributed by atoms with Crippen molar-refractivity contribution in [2.45, 2.75) is 40.2 Å². The molecule has 0 radical (unpaired) electrons. The van der Waals surface area contributed by atoms with E-state index in [1.165, 1.54) is 4.90 Å². The Balaban J connectivity index is 1.88. The summed E-state index contributed by atoms with van der Waals surface area (Å²) in [5.74, 6) is -0.134. The van der Waals surface area contributed by atoms with Gasteiger partial charge in [0.25, 0.3) is 5.24 Å². The van der Waals surface area contributed by atoms with Crippen LogP contribution in [0.1, 0.15) is 36.8 Å². The van der Waals surface area contributed by atoms with Crippen LogP contribution in [0.25, 0.3) is 0 Å². The van der Waals surface area contributed by atoms with Crippen LogP contribution in [0.5, 0.6) is 0 Å². The van der Waals surface area contributed by atoms with Crippen molar-refractivity contribution in [3.63, 3.8) is 0 Å². The van der Waals surface area contributed by atoms with Crippen molar-refractivity contribution in [2.75, 3.05) is 18.8 Å². The Hall–Kier alpha value is -1.83. The van der Waals surface area contributed by atoms with E-state index in [0.717, 1.165) is 28.7 Å². The van der Waals surface area contributed by atoms with Crippen LogP contribution in [-0.2, 0) is 16.0 Å². The molecule has 0 unspecified atom stereocenters. The van der Waals surface area contributed by atoms with Gasteiger partial charge >= 0.3 is 0 Å². The van der Waals surface area contributed by atoms with Crippen LogP contribution in [0, 0.1) is 13.8 Å². The summed E-state index contributed by atoms with van der Waals surface area (Å²) in [6, 6.07) is 0.246. The van der Waals surface area contributed by atoms with Gasteiger partial charge in [0.2, 0.25) is 11.8 Å². The molecule has 126 valence electrons. The summed E-state index contributed by atoms with van der Waals surface area (Å²) in [5, 5.41) is 6.98. The Bertz CT molecular complexity index is 623. The number of aryl methyl sites for hydroxylation is 1. The number of nitrogens with zero attached hydrogens (tertiary/aromatic N) is 3. The number of imide groups is 1. The molecule has 1 aliphatic rings. The number of amides is 3. The molecular weight excluding hydrogens is 316 g/mol. The fourth-order valence-electron chi connectivity index (χ4n) is 2.58. The van der Waals surface area contributed by atoms with E-state index in [1.54, 1.807) is 0 Å². The van der Waals surface area contributed by atoms with Gasteiger partial charge in [0.15, 0.2) is 0 Å². The molecule has 1 aliphatic heterocycles. The number of carbonyl (C=O) groups excluding carboxylic acids is 3. The number of nitrogens with one attached hydrogen (secondary N) is 1. The lowest BCUT2D eigenvalue weighted by atomic mass is 10.1. The molecule has 8 heteroatoms. The summed E-state index contributed by atoms with van der Waals surface area (Å²) in [6.45, 7) is 8.44. The molecule has 1 N–H and O–H groups in total. The standard InChI is InChI=1S/C15H22N4O3S/c1-9(2)19-11(4)12(10(3)17-19)7-13(20)16-5-6-18-14(21)8-23-15(18)22/h9H,5-8H2,1-4H3,(H,16,20). The largest absolute Gasteiger partial charge is 0.354 e. The molecule has 23 heavy (non-hydrogen) atoms. The van der Waals surface area contributed by atoms with Crippen LogP contribution in [0.4, 0.5) is 4.79 Å². The van der Waals surface area contributed by atoms with Crippen molar-refractivity contribution >= 4 is 28.8 Å². The molecule has 0 spiro atoms. The third-order valence-electron chi connectivity index (χ3n) is 3.80. The predicted octanol–water partition coefficient (Wildman–Crippen LogP) is 1.43. The highest BCUT2D eigenvalue weighted by atomic mass is 32.2. The Labute approximate surface area is 139 Å². The Kier molecular flexibility index (Phi) is 5.46. The van der Waals surface area contributed by atoms with Crippen molar-refractivity contribution < 1.29 is 14.4 Å². The maximum atomic E-state index is 12.1. The molecule has 2 heterocycles. The molecule has 2 rings (SSSR count). The first-order valence-corrected chi connectivity index (χ1v) is 8.58. The number of hydrogen-bond acceptors (Lipinski definition) is 5. The minimum absolute atomic E-state index is 0.133. The molecule has 1 aromatic heterocycles. The molecule has 3 amide bonds. The Morgan fingerprint density at radius 2 is 2.04 bits per heavy atom. The molecule has 7 nitrogen and oxygen atoms in total. The molecular formula is C15H22N4O3S. The zero-order valence-electron chi connectivity index (χ0n) is 13.9. The maximum Gasteiger partial charge on any atom is 0.288 e. The molecule has 0 aliphatic carbocycles. The van der Waals surface area contributed by atoms with E-state index < -0.39 is 0 Å². The van der Waals surface area contributed by atoms with Crippen molar-refractivity contribution in [2.24, 2.45) is 0 Å². The Morgan fingerprint density at radius 3 is 2.57 bits per heavy atom. The number of thioether (sulfide) groups is 1. The quantitative estimate of drug-likeness (QED) is 0.848. The fourth-order valence-corrected chi connectivity index (χ4v) is 3.33. The molecule has 1 fully saturated rings. The van der Waals surface area contributed by atoms with Crippen molar-refractivity contribution in [3.05, 3.63) is 17.0 Å². The molecule has 0 saturated carbocycles. The number of hydrogen-bond donors (Lipinski definition) is 1. The van der Waals surface area contributed by atoms with Gasteiger partial charge in [-0.05, 0) is 27.7 Å². The second-order valence-corrected chi connectivity index (χ2v) is 6.74. The summed E-state index contributed by atoms with van der Waals surface area (Å²) in [4.78, 5) is 36.2. The van der Waals surface area contributed by atoms with E-state index in [0.29, 0.717) is 0 Å². The normalized spacial score (nSPS) is 14.9. The minimum Gasteiger partial charge on any atom is -0.354 e. The van der Waals surface area contributed by atoms with Crippen LogP contribution in [0.3, 0.4) is 0 Å². The lowest BCUT2D eigenvalue weighted by Gasteiger charge is -2.13. The van der Waals surface area contributed by atoms with E-state index in [2.05, 4.69) is 10.4 Å². The first-order chi connectivity index (χ1) is 10.8. The molecule has 0 aromatic carbocycles.